The van der Waals surface area contributed by atoms with Gasteiger partial charge in [-0.1, -0.05) is 11.8 Å². The van der Waals surface area contributed by atoms with Gasteiger partial charge in [-0.3, -0.25) is 4.98 Å². The molecule has 1 aromatic rings. The Morgan fingerprint density at radius 1 is 1.50 bits per heavy atom. The monoisotopic (exact) mass is 147 g/mol. The molecule has 0 aromatic carbocycles. The quantitative estimate of drug-likeness (QED) is 0.522. The minimum Gasteiger partial charge on any atom is -0.264 e. The highest BCUT2D eigenvalue weighted by Gasteiger charge is 1.99. The summed E-state index contributed by atoms with van der Waals surface area (Å²) in [5.41, 5.74) is 4.24. The van der Waals surface area contributed by atoms with Gasteiger partial charge in [0, 0.05) is 22.7 Å². The highest BCUT2D eigenvalue weighted by Crippen LogP contribution is 2.25. The summed E-state index contributed by atoms with van der Waals surface area (Å²) in [7, 11) is 0. The zero-order chi connectivity index (χ0) is 6.81. The second kappa shape index (κ2) is 2.33. The van der Waals surface area contributed by atoms with Crippen LogP contribution >= 0.6 is 11.8 Å². The summed E-state index contributed by atoms with van der Waals surface area (Å²) in [5.74, 6) is 0. The molecule has 0 fully saturated rings. The van der Waals surface area contributed by atoms with Crippen molar-refractivity contribution in [3.05, 3.63) is 35.2 Å². The van der Waals surface area contributed by atoms with Gasteiger partial charge in [-0.2, -0.15) is 0 Å². The minimum atomic E-state index is 1.21. The largest absolute Gasteiger partial charge is 0.264 e. The second-order valence-electron chi connectivity index (χ2n) is 1.96. The Morgan fingerprint density at radius 2 is 2.50 bits per heavy atom. The predicted octanol–water partition coefficient (Wildman–Crippen LogP) is 2.31. The lowest BCUT2D eigenvalue weighted by Crippen LogP contribution is -1.80. The first kappa shape index (κ1) is 5.78. The molecule has 48 valence electrons. The average molecular weight is 147 g/mol. The fourth-order valence-electron chi connectivity index (χ4n) is 0.830. The van der Waals surface area contributed by atoms with E-state index < -0.39 is 0 Å². The lowest BCUT2D eigenvalue weighted by molar-refractivity contribution is 1.23. The summed E-state index contributed by atoms with van der Waals surface area (Å²) in [5, 5.41) is 1.93. The smallest absolute Gasteiger partial charge is 0.0413 e. The number of nitrogens with zero attached hydrogens (tertiary/aromatic N) is 1. The van der Waals surface area contributed by atoms with Gasteiger partial charge in [-0.05, 0) is 17.7 Å². The highest BCUT2D eigenvalue weighted by molar-refractivity contribution is 8.02. The Morgan fingerprint density at radius 3 is 3.40 bits per heavy atom. The summed E-state index contributed by atoms with van der Waals surface area (Å²) in [6, 6.07) is 1.99. The summed E-state index contributed by atoms with van der Waals surface area (Å²) >= 11 is 1.66. The lowest BCUT2D eigenvalue weighted by atomic mass is 10.2. The van der Waals surface area contributed by atoms with Crippen LogP contribution in [0.1, 0.15) is 5.56 Å². The van der Waals surface area contributed by atoms with Gasteiger partial charge in [0.1, 0.15) is 0 Å². The fourth-order valence-corrected chi connectivity index (χ4v) is 1.48. The SMILES string of the molecule is C1=CSc2cnccc2C=1. The Kier molecular flexibility index (Phi) is 1.35. The average Bonchev–Trinajstić information content (AvgIpc) is 2.05. The summed E-state index contributed by atoms with van der Waals surface area (Å²) < 4.78 is 0. The maximum absolute atomic E-state index is 4.01. The van der Waals surface area contributed by atoms with Crippen molar-refractivity contribution in [2.75, 3.05) is 0 Å². The van der Waals surface area contributed by atoms with Crippen LogP contribution < -0.4 is 0 Å². The van der Waals surface area contributed by atoms with Crippen molar-refractivity contribution in [2.45, 2.75) is 4.90 Å². The Balaban J connectivity index is 2.63. The van der Waals surface area contributed by atoms with E-state index in [0.717, 1.165) is 0 Å². The molecule has 0 radical (unpaired) electrons. The molecule has 2 rings (SSSR count). The van der Waals surface area contributed by atoms with E-state index >= 15 is 0 Å². The van der Waals surface area contributed by atoms with Crippen molar-refractivity contribution in [3.63, 3.8) is 0 Å². The maximum atomic E-state index is 4.01. The lowest BCUT2D eigenvalue weighted by Gasteiger charge is -2.01. The molecule has 0 bridgehead atoms. The van der Waals surface area contributed by atoms with E-state index in [1.807, 2.05) is 23.7 Å². The van der Waals surface area contributed by atoms with Gasteiger partial charge < -0.3 is 0 Å². The van der Waals surface area contributed by atoms with Gasteiger partial charge in [-0.25, -0.2) is 0 Å². The number of thioether (sulfide) groups is 1. The highest BCUT2D eigenvalue weighted by atomic mass is 32.2. The summed E-state index contributed by atoms with van der Waals surface area (Å²) in [4.78, 5) is 5.22. The van der Waals surface area contributed by atoms with Crippen LogP contribution in [-0.2, 0) is 0 Å². The van der Waals surface area contributed by atoms with E-state index in [2.05, 4.69) is 10.7 Å². The van der Waals surface area contributed by atoms with Crippen LogP contribution in [-0.4, -0.2) is 4.98 Å². The molecule has 0 unspecified atom stereocenters. The predicted molar refractivity (Wildman–Crippen MR) is 42.6 cm³/mol. The zero-order valence-corrected chi connectivity index (χ0v) is 6.06. The van der Waals surface area contributed by atoms with Crippen LogP contribution in [0.15, 0.2) is 34.5 Å². The van der Waals surface area contributed by atoms with Gasteiger partial charge >= 0.3 is 0 Å². The third kappa shape index (κ3) is 0.878. The first-order valence-electron chi connectivity index (χ1n) is 2.98. The zero-order valence-electron chi connectivity index (χ0n) is 5.24. The summed E-state index contributed by atoms with van der Waals surface area (Å²) in [6.07, 6.45) is 5.63. The van der Waals surface area contributed by atoms with Crippen LogP contribution in [0.2, 0.25) is 0 Å². The molecule has 1 aliphatic rings. The van der Waals surface area contributed by atoms with Gasteiger partial charge in [0.25, 0.3) is 0 Å². The molecule has 0 atom stereocenters. The third-order valence-electron chi connectivity index (χ3n) is 1.31. The number of hydrogen-bond acceptors (Lipinski definition) is 2. The molecule has 1 aromatic heterocycles. The standard InChI is InChI=1S/C8H5NS/c1-2-7-3-4-9-6-8(7)10-5-1/h2-6H. The molecule has 1 nitrogen and oxygen atoms in total. The van der Waals surface area contributed by atoms with E-state index in [0.29, 0.717) is 0 Å². The number of fused-ring (bicyclic) bond motifs is 1. The molecule has 0 aliphatic carbocycles. The van der Waals surface area contributed by atoms with Gasteiger partial charge in [0.15, 0.2) is 0 Å². The van der Waals surface area contributed by atoms with Gasteiger partial charge in [0.2, 0.25) is 0 Å². The van der Waals surface area contributed by atoms with Crippen LogP contribution in [0.4, 0.5) is 0 Å². The number of pyridine rings is 1. The molecular weight excluding hydrogens is 142 g/mol. The fraction of sp³-hybridized carbons (Fsp3) is 0. The van der Waals surface area contributed by atoms with Crippen molar-refractivity contribution in [3.8, 4) is 0 Å². The van der Waals surface area contributed by atoms with E-state index in [4.69, 9.17) is 0 Å². The Bertz CT molecular complexity index is 311. The first-order valence-corrected chi connectivity index (χ1v) is 3.86. The molecule has 2 heteroatoms. The molecular formula is C8H5NS. The maximum Gasteiger partial charge on any atom is 0.0413 e. The van der Waals surface area contributed by atoms with Gasteiger partial charge in [-0.15, -0.1) is 5.73 Å². The molecule has 2 heterocycles. The molecule has 0 N–H and O–H groups in total. The summed E-state index contributed by atoms with van der Waals surface area (Å²) in [6.45, 7) is 0. The van der Waals surface area contributed by atoms with Crippen LogP contribution in [0.25, 0.3) is 6.08 Å². The van der Waals surface area contributed by atoms with Crippen molar-refractivity contribution in [2.24, 2.45) is 0 Å². The third-order valence-corrected chi connectivity index (χ3v) is 2.16. The van der Waals surface area contributed by atoms with E-state index in [9.17, 15) is 0 Å². The topological polar surface area (TPSA) is 12.9 Å². The number of aromatic nitrogens is 1. The van der Waals surface area contributed by atoms with Crippen LogP contribution in [0.3, 0.4) is 0 Å². The number of hydrogen-bond donors (Lipinski definition) is 0. The molecule has 0 spiro atoms. The minimum absolute atomic E-state index is 1.21. The normalized spacial score (nSPS) is 13.2. The molecule has 0 saturated carbocycles. The molecule has 0 amide bonds. The van der Waals surface area contributed by atoms with Crippen molar-refractivity contribution < 1.29 is 0 Å². The van der Waals surface area contributed by atoms with Crippen molar-refractivity contribution in [1.29, 1.82) is 0 Å². The Labute approximate surface area is 63.5 Å². The molecule has 1 aliphatic heterocycles. The molecule has 10 heavy (non-hydrogen) atoms. The van der Waals surface area contributed by atoms with Crippen LogP contribution in [0, 0.1) is 0 Å². The molecule has 0 saturated heterocycles. The second-order valence-corrected chi connectivity index (χ2v) is 2.87. The number of rotatable bonds is 0. The first-order chi connectivity index (χ1) is 4.97. The van der Waals surface area contributed by atoms with E-state index in [1.54, 1.807) is 18.0 Å². The van der Waals surface area contributed by atoms with E-state index in [-0.39, 0.29) is 0 Å². The van der Waals surface area contributed by atoms with Gasteiger partial charge in [0.05, 0.1) is 0 Å². The van der Waals surface area contributed by atoms with E-state index in [1.165, 1.54) is 10.5 Å². The van der Waals surface area contributed by atoms with Crippen LogP contribution in [0.5, 0.6) is 0 Å². The van der Waals surface area contributed by atoms with Crippen molar-refractivity contribution >= 4 is 17.8 Å². The Hall–Kier alpha value is -0.980. The van der Waals surface area contributed by atoms with Crippen molar-refractivity contribution in [1.82, 2.24) is 4.98 Å².